The Morgan fingerprint density at radius 3 is 2.64 bits per heavy atom. The molecule has 0 aromatic rings. The van der Waals surface area contributed by atoms with Crippen molar-refractivity contribution < 1.29 is 19.4 Å². The number of aliphatic hydroxyl groups is 1. The molecular weight excluding hydrogens is 280 g/mol. The molecule has 1 rings (SSSR count). The van der Waals surface area contributed by atoms with Crippen LogP contribution in [0.2, 0.25) is 0 Å². The van der Waals surface area contributed by atoms with E-state index in [4.69, 9.17) is 9.47 Å². The third-order valence-electron chi connectivity index (χ3n) is 3.98. The third kappa shape index (κ3) is 6.86. The zero-order valence-corrected chi connectivity index (χ0v) is 14.2. The van der Waals surface area contributed by atoms with Crippen LogP contribution in [-0.2, 0) is 14.3 Å². The maximum Gasteiger partial charge on any atom is 0.183 e. The van der Waals surface area contributed by atoms with Crippen LogP contribution in [-0.4, -0.2) is 36.5 Å². The van der Waals surface area contributed by atoms with Gasteiger partial charge in [0.05, 0.1) is 6.61 Å². The highest BCUT2D eigenvalue weighted by Crippen LogP contribution is 2.22. The van der Waals surface area contributed by atoms with Crippen LogP contribution >= 0.6 is 0 Å². The first kappa shape index (κ1) is 19.1. The molecule has 4 heteroatoms. The Bertz CT molecular complexity index is 387. The summed E-state index contributed by atoms with van der Waals surface area (Å²) >= 11 is 0. The van der Waals surface area contributed by atoms with Crippen LogP contribution in [0.3, 0.4) is 0 Å². The number of ketones is 1. The van der Waals surface area contributed by atoms with Gasteiger partial charge >= 0.3 is 0 Å². The van der Waals surface area contributed by atoms with Crippen molar-refractivity contribution in [3.63, 3.8) is 0 Å². The van der Waals surface area contributed by atoms with Gasteiger partial charge in [-0.1, -0.05) is 32.1 Å². The molecule has 0 saturated carbocycles. The predicted octanol–water partition coefficient (Wildman–Crippen LogP) is 3.11. The molecule has 4 nitrogen and oxygen atoms in total. The van der Waals surface area contributed by atoms with Crippen LogP contribution in [0.25, 0.3) is 0 Å². The van der Waals surface area contributed by atoms with Gasteiger partial charge in [-0.3, -0.25) is 4.79 Å². The summed E-state index contributed by atoms with van der Waals surface area (Å²) in [6, 6.07) is 0. The average molecular weight is 310 g/mol. The number of ether oxygens (including phenoxy) is 2. The number of carbonyl (C=O) groups excluding carboxylic acids is 1. The highest BCUT2D eigenvalue weighted by Gasteiger charge is 2.21. The van der Waals surface area contributed by atoms with Crippen molar-refractivity contribution in [2.24, 2.45) is 17.8 Å². The Morgan fingerprint density at radius 1 is 1.27 bits per heavy atom. The average Bonchev–Trinajstić information content (AvgIpc) is 2.47. The first-order valence-electron chi connectivity index (χ1n) is 8.24. The largest absolute Gasteiger partial charge is 0.385 e. The Labute approximate surface area is 134 Å². The van der Waals surface area contributed by atoms with Crippen LogP contribution in [0.1, 0.15) is 40.5 Å². The Hall–Kier alpha value is -0.970. The number of aliphatic hydroxyl groups excluding tert-OH is 1. The molecule has 0 heterocycles. The molecule has 0 radical (unpaired) electrons. The smallest absolute Gasteiger partial charge is 0.183 e. The van der Waals surface area contributed by atoms with Gasteiger partial charge in [0.15, 0.2) is 12.1 Å². The van der Waals surface area contributed by atoms with Crippen molar-refractivity contribution >= 4 is 5.78 Å². The van der Waals surface area contributed by atoms with Crippen molar-refractivity contribution in [2.75, 3.05) is 13.2 Å². The summed E-state index contributed by atoms with van der Waals surface area (Å²) < 4.78 is 11.1. The molecule has 22 heavy (non-hydrogen) atoms. The summed E-state index contributed by atoms with van der Waals surface area (Å²) in [7, 11) is 0. The van der Waals surface area contributed by atoms with Gasteiger partial charge in [-0.05, 0) is 44.6 Å². The second-order valence-corrected chi connectivity index (χ2v) is 6.20. The second-order valence-electron chi connectivity index (χ2n) is 6.20. The second kappa shape index (κ2) is 9.93. The first-order valence-corrected chi connectivity index (χ1v) is 8.24. The molecule has 1 N–H and O–H groups in total. The molecule has 1 aliphatic carbocycles. The fourth-order valence-corrected chi connectivity index (χ4v) is 2.46. The molecule has 0 aromatic heterocycles. The minimum atomic E-state index is -0.904. The molecule has 0 bridgehead atoms. The maximum absolute atomic E-state index is 11.8. The van der Waals surface area contributed by atoms with Crippen molar-refractivity contribution in [2.45, 2.75) is 52.9 Å². The van der Waals surface area contributed by atoms with Crippen LogP contribution < -0.4 is 0 Å². The summed E-state index contributed by atoms with van der Waals surface area (Å²) in [6.45, 7) is 9.23. The summed E-state index contributed by atoms with van der Waals surface area (Å²) in [5.41, 5.74) is 0. The van der Waals surface area contributed by atoms with Gasteiger partial charge in [-0.2, -0.15) is 0 Å². The summed E-state index contributed by atoms with van der Waals surface area (Å²) in [5, 5.41) is 9.94. The summed E-state index contributed by atoms with van der Waals surface area (Å²) in [4.78, 5) is 11.8. The zero-order chi connectivity index (χ0) is 16.5. The lowest BCUT2D eigenvalue weighted by Crippen LogP contribution is -2.24. The molecule has 126 valence electrons. The molecular formula is C18H30O4. The van der Waals surface area contributed by atoms with Gasteiger partial charge in [0, 0.05) is 12.5 Å². The van der Waals surface area contributed by atoms with Crippen molar-refractivity contribution in [3.8, 4) is 0 Å². The normalized spacial score (nSPS) is 31.0. The fourth-order valence-electron chi connectivity index (χ4n) is 2.46. The molecule has 1 aliphatic rings. The van der Waals surface area contributed by atoms with Crippen LogP contribution in [0.4, 0.5) is 0 Å². The minimum Gasteiger partial charge on any atom is -0.385 e. The van der Waals surface area contributed by atoms with Gasteiger partial charge in [0.25, 0.3) is 0 Å². The lowest BCUT2D eigenvalue weighted by Gasteiger charge is -2.22. The fraction of sp³-hybridized carbons (Fsp3) is 0.722. The van der Waals surface area contributed by atoms with E-state index in [2.05, 4.69) is 26.0 Å². The molecule has 2 unspecified atom stereocenters. The van der Waals surface area contributed by atoms with Crippen LogP contribution in [0.15, 0.2) is 24.3 Å². The number of allylic oxidation sites excluding steroid dienone is 2. The number of rotatable bonds is 6. The third-order valence-corrected chi connectivity index (χ3v) is 3.98. The van der Waals surface area contributed by atoms with E-state index in [9.17, 15) is 9.90 Å². The molecule has 0 aliphatic heterocycles. The molecule has 0 fully saturated rings. The van der Waals surface area contributed by atoms with E-state index < -0.39 is 6.10 Å². The van der Waals surface area contributed by atoms with E-state index in [0.29, 0.717) is 25.6 Å². The Kier molecular flexibility index (Phi) is 8.61. The SMILES string of the molecule is CCOC(C)OC[C@H]1/C=C/[C@H](C(C)C)CC(O)C(=O)/C=C\C1. The first-order chi connectivity index (χ1) is 10.4. The topological polar surface area (TPSA) is 55.8 Å². The van der Waals surface area contributed by atoms with Gasteiger partial charge in [-0.25, -0.2) is 0 Å². The van der Waals surface area contributed by atoms with E-state index in [1.165, 1.54) is 6.08 Å². The van der Waals surface area contributed by atoms with Crippen LogP contribution in [0.5, 0.6) is 0 Å². The molecule has 4 atom stereocenters. The van der Waals surface area contributed by atoms with E-state index >= 15 is 0 Å². The molecule has 0 spiro atoms. The lowest BCUT2D eigenvalue weighted by molar-refractivity contribution is -0.132. The maximum atomic E-state index is 11.8. The number of carbonyl (C=O) groups is 1. The number of hydrogen-bond donors (Lipinski definition) is 1. The van der Waals surface area contributed by atoms with E-state index in [1.54, 1.807) is 0 Å². The van der Waals surface area contributed by atoms with Gasteiger partial charge in [0.2, 0.25) is 0 Å². The van der Waals surface area contributed by atoms with Gasteiger partial charge in [-0.15, -0.1) is 0 Å². The summed E-state index contributed by atoms with van der Waals surface area (Å²) in [5.74, 6) is 0.579. The Balaban J connectivity index is 2.72. The molecule has 0 aromatic carbocycles. The molecule has 0 amide bonds. The Morgan fingerprint density at radius 2 is 2.00 bits per heavy atom. The lowest BCUT2D eigenvalue weighted by atomic mass is 9.86. The minimum absolute atomic E-state index is 0.192. The van der Waals surface area contributed by atoms with Crippen molar-refractivity contribution in [3.05, 3.63) is 24.3 Å². The van der Waals surface area contributed by atoms with Gasteiger partial charge < -0.3 is 14.6 Å². The van der Waals surface area contributed by atoms with Gasteiger partial charge in [0.1, 0.15) is 6.10 Å². The quantitative estimate of drug-likeness (QED) is 0.605. The van der Waals surface area contributed by atoms with E-state index in [-0.39, 0.29) is 23.9 Å². The predicted molar refractivity (Wildman–Crippen MR) is 87.4 cm³/mol. The highest BCUT2D eigenvalue weighted by molar-refractivity contribution is 5.93. The highest BCUT2D eigenvalue weighted by atomic mass is 16.7. The molecule has 0 saturated heterocycles. The van der Waals surface area contributed by atoms with Crippen molar-refractivity contribution in [1.82, 2.24) is 0 Å². The zero-order valence-electron chi connectivity index (χ0n) is 14.2. The van der Waals surface area contributed by atoms with Crippen molar-refractivity contribution in [1.29, 1.82) is 0 Å². The van der Waals surface area contributed by atoms with E-state index in [1.807, 2.05) is 19.9 Å². The van der Waals surface area contributed by atoms with E-state index in [0.717, 1.165) is 6.42 Å². The summed E-state index contributed by atoms with van der Waals surface area (Å²) in [6.07, 6.45) is 7.67. The monoisotopic (exact) mass is 310 g/mol. The number of hydrogen-bond acceptors (Lipinski definition) is 4. The van der Waals surface area contributed by atoms with Crippen LogP contribution in [0, 0.1) is 17.8 Å². The standard InChI is InChI=1S/C18H30O4/c1-5-21-14(4)22-12-15-7-6-8-17(19)18(20)11-16(10-9-15)13(2)3/h6,8-10,13-16,18,20H,5,7,11-12H2,1-4H3/b8-6-,10-9+/t14?,15-,16+,18?/m1/s1.